The predicted molar refractivity (Wildman–Crippen MR) is 97.6 cm³/mol. The van der Waals surface area contributed by atoms with Crippen molar-refractivity contribution in [3.05, 3.63) is 35.9 Å². The minimum Gasteiger partial charge on any atom is -0.396 e. The SMILES string of the molecule is CC[C@@H](C)CNC(=O)C1(CCO)CCN(Cc2ccccc2)CC1. The lowest BCUT2D eigenvalue weighted by molar-refractivity contribution is -0.135. The number of aliphatic hydroxyl groups excluding tert-OH is 1. The minimum atomic E-state index is -0.393. The molecule has 0 aliphatic carbocycles. The van der Waals surface area contributed by atoms with E-state index < -0.39 is 5.41 Å². The summed E-state index contributed by atoms with van der Waals surface area (Å²) in [5, 5.41) is 12.6. The molecule has 0 bridgehead atoms. The van der Waals surface area contributed by atoms with Gasteiger partial charge in [0.05, 0.1) is 5.41 Å². The molecule has 0 spiro atoms. The Kier molecular flexibility index (Phi) is 7.25. The van der Waals surface area contributed by atoms with Crippen molar-refractivity contribution in [2.45, 2.75) is 46.1 Å². The molecule has 1 aliphatic heterocycles. The van der Waals surface area contributed by atoms with Crippen molar-refractivity contribution in [2.75, 3.05) is 26.2 Å². The third kappa shape index (κ3) is 5.05. The van der Waals surface area contributed by atoms with Gasteiger partial charge in [-0.3, -0.25) is 9.69 Å². The second kappa shape index (κ2) is 9.19. The topological polar surface area (TPSA) is 52.6 Å². The van der Waals surface area contributed by atoms with Gasteiger partial charge in [0.1, 0.15) is 0 Å². The monoisotopic (exact) mass is 332 g/mol. The van der Waals surface area contributed by atoms with Crippen LogP contribution >= 0.6 is 0 Å². The zero-order valence-corrected chi connectivity index (χ0v) is 15.1. The number of rotatable bonds is 8. The first-order chi connectivity index (χ1) is 11.6. The van der Waals surface area contributed by atoms with E-state index in [0.717, 1.165) is 45.4 Å². The molecule has 134 valence electrons. The molecular weight excluding hydrogens is 300 g/mol. The van der Waals surface area contributed by atoms with E-state index in [2.05, 4.69) is 48.3 Å². The molecule has 2 N–H and O–H groups in total. The zero-order valence-electron chi connectivity index (χ0n) is 15.1. The molecule has 1 aliphatic rings. The van der Waals surface area contributed by atoms with Crippen molar-refractivity contribution >= 4 is 5.91 Å². The van der Waals surface area contributed by atoms with Crippen LogP contribution in [0.2, 0.25) is 0 Å². The lowest BCUT2D eigenvalue weighted by atomic mass is 9.74. The number of hydrogen-bond donors (Lipinski definition) is 2. The third-order valence-electron chi connectivity index (χ3n) is 5.44. The van der Waals surface area contributed by atoms with Crippen molar-refractivity contribution < 1.29 is 9.90 Å². The summed E-state index contributed by atoms with van der Waals surface area (Å²) < 4.78 is 0. The molecule has 0 saturated carbocycles. The first-order valence-electron chi connectivity index (χ1n) is 9.25. The molecule has 1 saturated heterocycles. The van der Waals surface area contributed by atoms with Gasteiger partial charge in [0, 0.05) is 19.7 Å². The molecule has 24 heavy (non-hydrogen) atoms. The second-order valence-corrected chi connectivity index (χ2v) is 7.24. The maximum atomic E-state index is 12.8. The maximum Gasteiger partial charge on any atom is 0.226 e. The number of amides is 1. The summed E-state index contributed by atoms with van der Waals surface area (Å²) >= 11 is 0. The van der Waals surface area contributed by atoms with Crippen molar-refractivity contribution in [3.8, 4) is 0 Å². The first kappa shape index (κ1) is 18.9. The fourth-order valence-corrected chi connectivity index (χ4v) is 3.38. The summed E-state index contributed by atoms with van der Waals surface area (Å²) in [5.74, 6) is 0.634. The number of carbonyl (C=O) groups excluding carboxylic acids is 1. The summed E-state index contributed by atoms with van der Waals surface area (Å²) in [6.45, 7) is 7.86. The number of piperidine rings is 1. The molecule has 1 aromatic rings. The van der Waals surface area contributed by atoms with Gasteiger partial charge in [-0.2, -0.15) is 0 Å². The number of likely N-dealkylation sites (tertiary alicyclic amines) is 1. The number of nitrogens with one attached hydrogen (secondary N) is 1. The second-order valence-electron chi connectivity index (χ2n) is 7.24. The van der Waals surface area contributed by atoms with Gasteiger partial charge in [0.15, 0.2) is 0 Å². The molecule has 0 radical (unpaired) electrons. The smallest absolute Gasteiger partial charge is 0.226 e. The van der Waals surface area contributed by atoms with E-state index >= 15 is 0 Å². The molecule has 1 aromatic carbocycles. The molecule has 4 nitrogen and oxygen atoms in total. The highest BCUT2D eigenvalue weighted by Gasteiger charge is 2.40. The number of hydrogen-bond acceptors (Lipinski definition) is 3. The van der Waals surface area contributed by atoms with Gasteiger partial charge in [0.25, 0.3) is 0 Å². The van der Waals surface area contributed by atoms with E-state index in [1.807, 2.05) is 6.07 Å². The van der Waals surface area contributed by atoms with Crippen molar-refractivity contribution in [2.24, 2.45) is 11.3 Å². The van der Waals surface area contributed by atoms with Gasteiger partial charge in [-0.05, 0) is 43.8 Å². The van der Waals surface area contributed by atoms with E-state index in [4.69, 9.17) is 0 Å². The van der Waals surface area contributed by atoms with Crippen molar-refractivity contribution in [1.29, 1.82) is 0 Å². The Labute approximate surface area is 146 Å². The van der Waals surface area contributed by atoms with Crippen LogP contribution in [0.5, 0.6) is 0 Å². The lowest BCUT2D eigenvalue weighted by Gasteiger charge is -2.40. The summed E-state index contributed by atoms with van der Waals surface area (Å²) in [4.78, 5) is 15.2. The van der Waals surface area contributed by atoms with Gasteiger partial charge >= 0.3 is 0 Å². The van der Waals surface area contributed by atoms with Crippen LogP contribution in [0.25, 0.3) is 0 Å². The molecule has 1 atom stereocenters. The van der Waals surface area contributed by atoms with Gasteiger partial charge in [-0.15, -0.1) is 0 Å². The van der Waals surface area contributed by atoms with Gasteiger partial charge < -0.3 is 10.4 Å². The fourth-order valence-electron chi connectivity index (χ4n) is 3.38. The van der Waals surface area contributed by atoms with Gasteiger partial charge in [-0.25, -0.2) is 0 Å². The highest BCUT2D eigenvalue weighted by molar-refractivity contribution is 5.82. The van der Waals surface area contributed by atoms with Crippen LogP contribution in [0, 0.1) is 11.3 Å². The van der Waals surface area contributed by atoms with E-state index in [0.29, 0.717) is 12.3 Å². The summed E-state index contributed by atoms with van der Waals surface area (Å²) in [6.07, 6.45) is 3.29. The Morgan fingerprint density at radius 1 is 1.29 bits per heavy atom. The Balaban J connectivity index is 1.91. The third-order valence-corrected chi connectivity index (χ3v) is 5.44. The van der Waals surface area contributed by atoms with Crippen LogP contribution in [0.4, 0.5) is 0 Å². The summed E-state index contributed by atoms with van der Waals surface area (Å²) in [5.41, 5.74) is 0.920. The minimum absolute atomic E-state index is 0.0788. The highest BCUT2D eigenvalue weighted by Crippen LogP contribution is 2.35. The Morgan fingerprint density at radius 2 is 1.96 bits per heavy atom. The van der Waals surface area contributed by atoms with Crippen LogP contribution in [0.3, 0.4) is 0 Å². The van der Waals surface area contributed by atoms with E-state index in [1.54, 1.807) is 0 Å². The average Bonchev–Trinajstić information content (AvgIpc) is 2.62. The Bertz CT molecular complexity index is 496. The fraction of sp³-hybridized carbons (Fsp3) is 0.650. The molecule has 1 heterocycles. The molecule has 0 unspecified atom stereocenters. The number of nitrogens with zero attached hydrogens (tertiary/aromatic N) is 1. The average molecular weight is 332 g/mol. The number of carbonyl (C=O) groups is 1. The van der Waals surface area contributed by atoms with Gasteiger partial charge in [0.2, 0.25) is 5.91 Å². The molecule has 2 rings (SSSR count). The molecular formula is C20H32N2O2. The van der Waals surface area contributed by atoms with Crippen LogP contribution in [-0.2, 0) is 11.3 Å². The van der Waals surface area contributed by atoms with E-state index in [1.165, 1.54) is 5.56 Å². The maximum absolute atomic E-state index is 12.8. The molecule has 1 fully saturated rings. The van der Waals surface area contributed by atoms with Crippen molar-refractivity contribution in [3.63, 3.8) is 0 Å². The number of aliphatic hydroxyl groups is 1. The van der Waals surface area contributed by atoms with E-state index in [-0.39, 0.29) is 12.5 Å². The quantitative estimate of drug-likeness (QED) is 0.770. The Morgan fingerprint density at radius 3 is 2.54 bits per heavy atom. The van der Waals surface area contributed by atoms with Crippen molar-refractivity contribution in [1.82, 2.24) is 10.2 Å². The summed E-state index contributed by atoms with van der Waals surface area (Å²) in [6, 6.07) is 10.5. The highest BCUT2D eigenvalue weighted by atomic mass is 16.3. The molecule has 0 aromatic heterocycles. The van der Waals surface area contributed by atoms with Crippen LogP contribution < -0.4 is 5.32 Å². The zero-order chi connectivity index (χ0) is 17.4. The first-order valence-corrected chi connectivity index (χ1v) is 9.25. The number of benzene rings is 1. The normalized spacial score (nSPS) is 19.0. The predicted octanol–water partition coefficient (Wildman–Crippen LogP) is 2.81. The standard InChI is InChI=1S/C20H32N2O2/c1-3-17(2)15-21-19(24)20(11-14-23)9-12-22(13-10-20)16-18-7-5-4-6-8-18/h4-8,17,23H,3,9-16H2,1-2H3,(H,21,24)/t17-/m1/s1. The molecule has 1 amide bonds. The van der Waals surface area contributed by atoms with Crippen LogP contribution in [0.1, 0.15) is 45.1 Å². The Hall–Kier alpha value is -1.39. The molecule has 4 heteroatoms. The van der Waals surface area contributed by atoms with Crippen LogP contribution in [-0.4, -0.2) is 42.2 Å². The van der Waals surface area contributed by atoms with E-state index in [9.17, 15) is 9.90 Å². The van der Waals surface area contributed by atoms with Crippen LogP contribution in [0.15, 0.2) is 30.3 Å². The summed E-state index contributed by atoms with van der Waals surface area (Å²) in [7, 11) is 0. The largest absolute Gasteiger partial charge is 0.396 e. The van der Waals surface area contributed by atoms with Gasteiger partial charge in [-0.1, -0.05) is 50.6 Å². The lowest BCUT2D eigenvalue weighted by Crippen LogP contribution is -2.49.